The van der Waals surface area contributed by atoms with Crippen LogP contribution < -0.4 is 5.32 Å². The van der Waals surface area contributed by atoms with Crippen LogP contribution in [0.3, 0.4) is 0 Å². The van der Waals surface area contributed by atoms with Crippen LogP contribution in [0, 0.1) is 17.3 Å². The Kier molecular flexibility index (Phi) is 13.6. The highest BCUT2D eigenvalue weighted by atomic mass is 35.5. The second-order valence-corrected chi connectivity index (χ2v) is 14.8. The summed E-state index contributed by atoms with van der Waals surface area (Å²) in [7, 11) is 1.73. The SMILES string of the molecule is CC(C)CC[C@H](C1=C=C/C=C(/C=O)C/C=C\1)N1C(=O)C(c2cc(Cl)cc(Cl)c2)=NC12CCC(C(C)(C)C)CC2.CNCCC(=O)O. The van der Waals surface area contributed by atoms with Crippen LogP contribution in [-0.4, -0.2) is 59.2 Å². The molecule has 1 spiro atoms. The molecule has 46 heavy (non-hydrogen) atoms. The predicted octanol–water partition coefficient (Wildman–Crippen LogP) is 8.21. The van der Waals surface area contributed by atoms with Gasteiger partial charge in [0.25, 0.3) is 5.91 Å². The molecule has 2 aliphatic carbocycles. The molecule has 1 heterocycles. The van der Waals surface area contributed by atoms with Gasteiger partial charge in [-0.3, -0.25) is 19.4 Å². The number of carboxylic acid groups (broad SMARTS) is 1. The lowest BCUT2D eigenvalue weighted by Crippen LogP contribution is -2.55. The molecule has 1 amide bonds. The van der Waals surface area contributed by atoms with Crippen LogP contribution in [0.2, 0.25) is 10.0 Å². The van der Waals surface area contributed by atoms with Crippen molar-refractivity contribution in [3.8, 4) is 0 Å². The van der Waals surface area contributed by atoms with E-state index in [1.165, 1.54) is 0 Å². The monoisotopic (exact) mass is 669 g/mol. The van der Waals surface area contributed by atoms with E-state index in [1.807, 2.05) is 24.3 Å². The number of nitrogens with zero attached hydrogens (tertiary/aromatic N) is 2. The van der Waals surface area contributed by atoms with Crippen molar-refractivity contribution in [3.63, 3.8) is 0 Å². The van der Waals surface area contributed by atoms with Crippen molar-refractivity contribution in [2.45, 2.75) is 97.7 Å². The second-order valence-electron chi connectivity index (χ2n) is 13.9. The minimum Gasteiger partial charge on any atom is -0.481 e. The van der Waals surface area contributed by atoms with Crippen molar-refractivity contribution in [2.24, 2.45) is 22.2 Å². The summed E-state index contributed by atoms with van der Waals surface area (Å²) in [6, 6.07) is 5.05. The molecule has 2 N–H and O–H groups in total. The first-order valence-corrected chi connectivity index (χ1v) is 17.0. The van der Waals surface area contributed by atoms with Gasteiger partial charge >= 0.3 is 5.97 Å². The molecule has 0 aromatic heterocycles. The van der Waals surface area contributed by atoms with Gasteiger partial charge in [-0.05, 0) is 105 Å². The zero-order chi connectivity index (χ0) is 34.1. The van der Waals surface area contributed by atoms with Gasteiger partial charge in [0.2, 0.25) is 0 Å². The average Bonchev–Trinajstić information content (AvgIpc) is 3.23. The third-order valence-electron chi connectivity index (χ3n) is 8.96. The first-order valence-electron chi connectivity index (χ1n) is 16.2. The summed E-state index contributed by atoms with van der Waals surface area (Å²) >= 11 is 12.7. The lowest BCUT2D eigenvalue weighted by molar-refractivity contribution is -0.137. The number of nitrogens with one attached hydrogen (secondary N) is 1. The molecule has 0 bridgehead atoms. The lowest BCUT2D eigenvalue weighted by Gasteiger charge is -2.47. The van der Waals surface area contributed by atoms with Gasteiger partial charge in [-0.25, -0.2) is 0 Å². The van der Waals surface area contributed by atoms with E-state index >= 15 is 0 Å². The third-order valence-corrected chi connectivity index (χ3v) is 9.40. The molecular weight excluding hydrogens is 621 g/mol. The van der Waals surface area contributed by atoms with Crippen LogP contribution >= 0.6 is 23.2 Å². The standard InChI is InChI=1S/C33H40Cl2N2O2.C4H9NO2/c1-22(2)12-13-29(24-10-6-8-23(21-38)9-7-11-24)37-31(39)30(25-18-27(34)20-28(35)19-25)36-33(37)16-14-26(15-17-33)32(3,4)5;1-5-3-2-4(6)7/h6-8,11,18-22,26,29H,9,12-17H2,1-5H3;5H,2-3H2,1H3,(H,6,7)/b11-7-,23-8+;/t10?,26?,29-,33?;/m1./s1. The molecule has 1 saturated carbocycles. The maximum atomic E-state index is 14.4. The summed E-state index contributed by atoms with van der Waals surface area (Å²) in [5.41, 5.74) is 5.74. The van der Waals surface area contributed by atoms with Crippen LogP contribution in [0.25, 0.3) is 0 Å². The van der Waals surface area contributed by atoms with E-state index in [9.17, 15) is 14.4 Å². The molecule has 0 unspecified atom stereocenters. The van der Waals surface area contributed by atoms with E-state index in [1.54, 1.807) is 25.2 Å². The molecule has 7 nitrogen and oxygen atoms in total. The Morgan fingerprint density at radius 2 is 1.83 bits per heavy atom. The molecule has 1 fully saturated rings. The average molecular weight is 671 g/mol. The van der Waals surface area contributed by atoms with Crippen molar-refractivity contribution in [2.75, 3.05) is 13.6 Å². The number of carbonyl (C=O) groups is 3. The van der Waals surface area contributed by atoms with E-state index in [0.29, 0.717) is 51.7 Å². The van der Waals surface area contributed by atoms with Gasteiger partial charge in [-0.2, -0.15) is 0 Å². The highest BCUT2D eigenvalue weighted by molar-refractivity contribution is 6.48. The second kappa shape index (κ2) is 16.7. The van der Waals surface area contributed by atoms with Gasteiger partial charge in [0.1, 0.15) is 17.7 Å². The summed E-state index contributed by atoms with van der Waals surface area (Å²) < 4.78 is 0. The van der Waals surface area contributed by atoms with E-state index in [2.05, 4.69) is 50.6 Å². The fourth-order valence-electron chi connectivity index (χ4n) is 6.35. The number of hydrogen-bond donors (Lipinski definition) is 2. The van der Waals surface area contributed by atoms with Crippen molar-refractivity contribution in [1.82, 2.24) is 10.2 Å². The fourth-order valence-corrected chi connectivity index (χ4v) is 6.87. The summed E-state index contributed by atoms with van der Waals surface area (Å²) in [6.07, 6.45) is 14.7. The maximum absolute atomic E-state index is 14.4. The number of aliphatic imine (C=N–C) groups is 1. The first-order chi connectivity index (χ1) is 21.7. The number of carbonyl (C=O) groups excluding carboxylic acids is 2. The molecule has 250 valence electrons. The topological polar surface area (TPSA) is 99.1 Å². The molecule has 9 heteroatoms. The third kappa shape index (κ3) is 10.0. The zero-order valence-electron chi connectivity index (χ0n) is 28.0. The minimum absolute atomic E-state index is 0.0785. The normalized spacial score (nSPS) is 23.8. The van der Waals surface area contributed by atoms with E-state index in [4.69, 9.17) is 33.3 Å². The molecule has 1 aliphatic heterocycles. The van der Waals surface area contributed by atoms with Gasteiger partial charge in [-0.1, -0.05) is 70.0 Å². The quantitative estimate of drug-likeness (QED) is 0.193. The first kappa shape index (κ1) is 37.5. The number of halogens is 2. The van der Waals surface area contributed by atoms with E-state index < -0.39 is 11.6 Å². The lowest BCUT2D eigenvalue weighted by atomic mass is 9.69. The Morgan fingerprint density at radius 1 is 1.17 bits per heavy atom. The Bertz CT molecular complexity index is 1400. The highest BCUT2D eigenvalue weighted by Gasteiger charge is 2.52. The molecule has 1 aromatic rings. The number of amides is 1. The number of carboxylic acids is 1. The van der Waals surface area contributed by atoms with Gasteiger partial charge in [0, 0.05) is 27.7 Å². The molecular formula is C37H49Cl2N3O4. The highest BCUT2D eigenvalue weighted by Crippen LogP contribution is 2.48. The largest absolute Gasteiger partial charge is 0.481 e. The Balaban J connectivity index is 0.000000738. The smallest absolute Gasteiger partial charge is 0.304 e. The summed E-state index contributed by atoms with van der Waals surface area (Å²) in [4.78, 5) is 42.8. The van der Waals surface area contributed by atoms with Crippen LogP contribution in [0.4, 0.5) is 0 Å². The number of benzene rings is 1. The molecule has 1 atom stereocenters. The summed E-state index contributed by atoms with van der Waals surface area (Å²) in [6.45, 7) is 11.9. The molecule has 0 radical (unpaired) electrons. The van der Waals surface area contributed by atoms with Crippen LogP contribution in [0.15, 0.2) is 64.4 Å². The van der Waals surface area contributed by atoms with Crippen LogP contribution in [0.5, 0.6) is 0 Å². The Hall–Kier alpha value is -2.96. The predicted molar refractivity (Wildman–Crippen MR) is 188 cm³/mol. The number of allylic oxidation sites excluding steroid dienone is 3. The van der Waals surface area contributed by atoms with Gasteiger partial charge in [0.15, 0.2) is 0 Å². The van der Waals surface area contributed by atoms with E-state index in [-0.39, 0.29) is 23.8 Å². The van der Waals surface area contributed by atoms with Gasteiger partial charge in [-0.15, -0.1) is 5.73 Å². The molecule has 3 aliphatic rings. The van der Waals surface area contributed by atoms with Gasteiger partial charge in [0.05, 0.1) is 12.5 Å². The van der Waals surface area contributed by atoms with Crippen molar-refractivity contribution >= 4 is 47.1 Å². The minimum atomic E-state index is -0.755. The van der Waals surface area contributed by atoms with Crippen molar-refractivity contribution < 1.29 is 19.5 Å². The van der Waals surface area contributed by atoms with E-state index in [0.717, 1.165) is 50.4 Å². The number of aldehydes is 1. The fraction of sp³-hybridized carbons (Fsp3) is 0.541. The number of aliphatic carboxylic acids is 1. The van der Waals surface area contributed by atoms with Crippen LogP contribution in [0.1, 0.15) is 91.5 Å². The van der Waals surface area contributed by atoms with Gasteiger partial charge < -0.3 is 15.3 Å². The van der Waals surface area contributed by atoms with Crippen molar-refractivity contribution in [1.29, 1.82) is 0 Å². The maximum Gasteiger partial charge on any atom is 0.304 e. The zero-order valence-corrected chi connectivity index (χ0v) is 29.5. The Morgan fingerprint density at radius 3 is 2.35 bits per heavy atom. The van der Waals surface area contributed by atoms with Crippen LogP contribution in [-0.2, 0) is 14.4 Å². The molecule has 1 aromatic carbocycles. The van der Waals surface area contributed by atoms with Crippen molar-refractivity contribution in [3.05, 3.63) is 75.0 Å². The number of hydrogen-bond acceptors (Lipinski definition) is 5. The number of rotatable bonds is 10. The summed E-state index contributed by atoms with van der Waals surface area (Å²) in [5, 5.41) is 11.7. The summed E-state index contributed by atoms with van der Waals surface area (Å²) in [5.74, 6) is 0.217. The Labute approximate surface area is 284 Å². The molecule has 4 rings (SSSR count). The molecule has 0 saturated heterocycles.